The molecule has 5 heteroatoms. The number of oxime groups is 1. The minimum atomic E-state index is 0.115. The number of piperidine rings is 1. The number of amidine groups is 1. The lowest BCUT2D eigenvalue weighted by molar-refractivity contribution is 0.318. The van der Waals surface area contributed by atoms with Crippen LogP contribution in [0, 0.1) is 5.92 Å². The minimum absolute atomic E-state index is 0.115. The molecule has 0 spiro atoms. The van der Waals surface area contributed by atoms with Gasteiger partial charge in [0.25, 0.3) is 0 Å². The summed E-state index contributed by atoms with van der Waals surface area (Å²) in [7, 11) is 0. The molecule has 1 aliphatic heterocycles. The third kappa shape index (κ3) is 2.39. The zero-order chi connectivity index (χ0) is 13.1. The quantitative estimate of drug-likeness (QED) is 0.362. The second-order valence-corrected chi connectivity index (χ2v) is 5.03. The van der Waals surface area contributed by atoms with Crippen molar-refractivity contribution in [2.75, 3.05) is 11.4 Å². The highest BCUT2D eigenvalue weighted by molar-refractivity contribution is 6.01. The van der Waals surface area contributed by atoms with Crippen molar-refractivity contribution >= 4 is 11.7 Å². The van der Waals surface area contributed by atoms with Gasteiger partial charge in [0, 0.05) is 18.8 Å². The van der Waals surface area contributed by atoms with Crippen LogP contribution in [-0.2, 0) is 0 Å². The van der Waals surface area contributed by atoms with Crippen LogP contribution in [0.4, 0.5) is 5.82 Å². The van der Waals surface area contributed by atoms with E-state index in [9.17, 15) is 0 Å². The molecule has 2 unspecified atom stereocenters. The second-order valence-electron chi connectivity index (χ2n) is 5.03. The van der Waals surface area contributed by atoms with Crippen LogP contribution in [0.1, 0.15) is 32.3 Å². The van der Waals surface area contributed by atoms with E-state index in [4.69, 9.17) is 10.9 Å². The molecule has 0 aliphatic carbocycles. The first-order valence-corrected chi connectivity index (χ1v) is 6.33. The van der Waals surface area contributed by atoms with Gasteiger partial charge in [0.2, 0.25) is 0 Å². The SMILES string of the molecule is CC1CCN(c2ncccc2C(N)=NO)C(C)C1. The fourth-order valence-corrected chi connectivity index (χ4v) is 2.60. The maximum Gasteiger partial charge on any atom is 0.173 e. The molecule has 5 nitrogen and oxygen atoms in total. The summed E-state index contributed by atoms with van der Waals surface area (Å²) in [5, 5.41) is 11.9. The van der Waals surface area contributed by atoms with E-state index < -0.39 is 0 Å². The maximum atomic E-state index is 8.84. The Kier molecular flexibility index (Phi) is 3.69. The summed E-state index contributed by atoms with van der Waals surface area (Å²) in [6, 6.07) is 4.06. The van der Waals surface area contributed by atoms with Crippen molar-refractivity contribution in [3.05, 3.63) is 23.9 Å². The van der Waals surface area contributed by atoms with E-state index in [1.165, 1.54) is 0 Å². The zero-order valence-electron chi connectivity index (χ0n) is 10.9. The highest BCUT2D eigenvalue weighted by Crippen LogP contribution is 2.28. The van der Waals surface area contributed by atoms with Gasteiger partial charge in [0.05, 0.1) is 5.56 Å². The number of nitrogens with two attached hydrogens (primary N) is 1. The van der Waals surface area contributed by atoms with Crippen LogP contribution in [0.2, 0.25) is 0 Å². The molecule has 2 atom stereocenters. The predicted molar refractivity (Wildman–Crippen MR) is 72.0 cm³/mol. The van der Waals surface area contributed by atoms with Crippen LogP contribution in [0.5, 0.6) is 0 Å². The fourth-order valence-electron chi connectivity index (χ4n) is 2.60. The number of anilines is 1. The van der Waals surface area contributed by atoms with Crippen molar-refractivity contribution in [3.63, 3.8) is 0 Å². The topological polar surface area (TPSA) is 74.7 Å². The van der Waals surface area contributed by atoms with Crippen molar-refractivity contribution in [1.82, 2.24) is 4.98 Å². The molecule has 1 saturated heterocycles. The molecule has 98 valence electrons. The van der Waals surface area contributed by atoms with Crippen molar-refractivity contribution in [2.45, 2.75) is 32.7 Å². The largest absolute Gasteiger partial charge is 0.409 e. The van der Waals surface area contributed by atoms with Crippen LogP contribution in [0.25, 0.3) is 0 Å². The third-order valence-electron chi connectivity index (χ3n) is 3.58. The number of hydrogen-bond acceptors (Lipinski definition) is 4. The standard InChI is InChI=1S/C13H20N4O/c1-9-5-7-17(10(2)8-9)13-11(12(14)16-18)4-3-6-15-13/h3-4,6,9-10,18H,5,7-8H2,1-2H3,(H2,14,16). The van der Waals surface area contributed by atoms with E-state index in [2.05, 4.69) is 28.9 Å². The van der Waals surface area contributed by atoms with E-state index >= 15 is 0 Å². The van der Waals surface area contributed by atoms with E-state index in [0.29, 0.717) is 11.6 Å². The Balaban J connectivity index is 2.33. The zero-order valence-corrected chi connectivity index (χ0v) is 10.9. The average molecular weight is 248 g/mol. The van der Waals surface area contributed by atoms with Crippen LogP contribution < -0.4 is 10.6 Å². The summed E-state index contributed by atoms with van der Waals surface area (Å²) in [6.07, 6.45) is 4.04. The molecule has 2 rings (SSSR count). The molecular weight excluding hydrogens is 228 g/mol. The van der Waals surface area contributed by atoms with Gasteiger partial charge in [0.1, 0.15) is 5.82 Å². The smallest absolute Gasteiger partial charge is 0.173 e. The molecule has 0 amide bonds. The van der Waals surface area contributed by atoms with E-state index in [-0.39, 0.29) is 5.84 Å². The van der Waals surface area contributed by atoms with Gasteiger partial charge >= 0.3 is 0 Å². The van der Waals surface area contributed by atoms with Gasteiger partial charge in [-0.1, -0.05) is 12.1 Å². The Morgan fingerprint density at radius 1 is 1.56 bits per heavy atom. The Morgan fingerprint density at radius 2 is 2.33 bits per heavy atom. The predicted octanol–water partition coefficient (Wildman–Crippen LogP) is 1.80. The van der Waals surface area contributed by atoms with E-state index in [1.54, 1.807) is 12.3 Å². The fraction of sp³-hybridized carbons (Fsp3) is 0.538. The molecule has 0 radical (unpaired) electrons. The highest BCUT2D eigenvalue weighted by atomic mass is 16.4. The summed E-state index contributed by atoms with van der Waals surface area (Å²) in [4.78, 5) is 6.64. The van der Waals surface area contributed by atoms with E-state index in [1.807, 2.05) is 6.07 Å². The number of rotatable bonds is 2. The van der Waals surface area contributed by atoms with Crippen molar-refractivity contribution in [3.8, 4) is 0 Å². The van der Waals surface area contributed by atoms with Gasteiger partial charge in [-0.25, -0.2) is 4.98 Å². The summed E-state index contributed by atoms with van der Waals surface area (Å²) < 4.78 is 0. The third-order valence-corrected chi connectivity index (χ3v) is 3.58. The van der Waals surface area contributed by atoms with Crippen LogP contribution in [0.3, 0.4) is 0 Å². The van der Waals surface area contributed by atoms with Crippen LogP contribution in [0.15, 0.2) is 23.5 Å². The highest BCUT2D eigenvalue weighted by Gasteiger charge is 2.26. The molecule has 1 aliphatic rings. The van der Waals surface area contributed by atoms with Gasteiger partial charge in [-0.2, -0.15) is 0 Å². The van der Waals surface area contributed by atoms with Gasteiger partial charge in [0.15, 0.2) is 5.84 Å². The van der Waals surface area contributed by atoms with Gasteiger partial charge in [-0.05, 0) is 37.8 Å². The van der Waals surface area contributed by atoms with Crippen LogP contribution in [-0.4, -0.2) is 28.6 Å². The molecule has 1 aromatic rings. The van der Waals surface area contributed by atoms with Gasteiger partial charge in [-0.3, -0.25) is 0 Å². The Labute approximate surface area is 107 Å². The first-order chi connectivity index (χ1) is 8.63. The summed E-state index contributed by atoms with van der Waals surface area (Å²) in [5.74, 6) is 1.67. The number of nitrogens with zero attached hydrogens (tertiary/aromatic N) is 3. The summed E-state index contributed by atoms with van der Waals surface area (Å²) in [5.41, 5.74) is 6.40. The van der Waals surface area contributed by atoms with Crippen molar-refractivity contribution in [2.24, 2.45) is 16.8 Å². The molecule has 0 aromatic carbocycles. The second kappa shape index (κ2) is 5.25. The molecule has 2 heterocycles. The minimum Gasteiger partial charge on any atom is -0.409 e. The van der Waals surface area contributed by atoms with Crippen molar-refractivity contribution in [1.29, 1.82) is 0 Å². The van der Waals surface area contributed by atoms with Crippen LogP contribution >= 0.6 is 0 Å². The lowest BCUT2D eigenvalue weighted by Gasteiger charge is -2.38. The summed E-state index contributed by atoms with van der Waals surface area (Å²) in [6.45, 7) is 5.43. The number of aromatic nitrogens is 1. The lowest BCUT2D eigenvalue weighted by atomic mass is 9.93. The Morgan fingerprint density at radius 3 is 3.00 bits per heavy atom. The lowest BCUT2D eigenvalue weighted by Crippen LogP contribution is -2.41. The molecule has 0 saturated carbocycles. The van der Waals surface area contributed by atoms with Crippen molar-refractivity contribution < 1.29 is 5.21 Å². The summed E-state index contributed by atoms with van der Waals surface area (Å²) >= 11 is 0. The van der Waals surface area contributed by atoms with Gasteiger partial charge in [-0.15, -0.1) is 0 Å². The Hall–Kier alpha value is -1.78. The molecule has 18 heavy (non-hydrogen) atoms. The monoisotopic (exact) mass is 248 g/mol. The number of pyridine rings is 1. The normalized spacial score (nSPS) is 25.2. The Bertz CT molecular complexity index is 446. The van der Waals surface area contributed by atoms with Gasteiger partial charge < -0.3 is 15.8 Å². The molecule has 1 aromatic heterocycles. The molecule has 3 N–H and O–H groups in total. The molecule has 1 fully saturated rings. The maximum absolute atomic E-state index is 8.84. The number of hydrogen-bond donors (Lipinski definition) is 2. The first kappa shape index (κ1) is 12.7. The van der Waals surface area contributed by atoms with E-state index in [0.717, 1.165) is 31.1 Å². The molecule has 0 bridgehead atoms. The average Bonchev–Trinajstić information content (AvgIpc) is 2.38. The first-order valence-electron chi connectivity index (χ1n) is 6.33. The molecular formula is C13H20N4O.